The molecule has 6 nitrogen and oxygen atoms in total. The van der Waals surface area contributed by atoms with Crippen molar-refractivity contribution in [1.29, 1.82) is 0 Å². The van der Waals surface area contributed by atoms with E-state index < -0.39 is 0 Å². The van der Waals surface area contributed by atoms with Gasteiger partial charge in [-0.3, -0.25) is 14.9 Å². The average Bonchev–Trinajstić information content (AvgIpc) is 2.87. The highest BCUT2D eigenvalue weighted by molar-refractivity contribution is 7.80. The number of thiocarbonyl (C=S) groups is 1. The summed E-state index contributed by atoms with van der Waals surface area (Å²) in [7, 11) is 1.83. The van der Waals surface area contributed by atoms with Crippen LogP contribution in [0.4, 0.5) is 5.69 Å². The Labute approximate surface area is 163 Å². The van der Waals surface area contributed by atoms with Crippen LogP contribution in [0.1, 0.15) is 16.8 Å². The van der Waals surface area contributed by atoms with Gasteiger partial charge in [0, 0.05) is 18.3 Å². The zero-order valence-electron chi connectivity index (χ0n) is 15.4. The van der Waals surface area contributed by atoms with E-state index in [-0.39, 0.29) is 5.56 Å². The molecule has 0 radical (unpaired) electrons. The van der Waals surface area contributed by atoms with Gasteiger partial charge >= 0.3 is 0 Å². The van der Waals surface area contributed by atoms with Crippen LogP contribution in [0.2, 0.25) is 0 Å². The minimum Gasteiger partial charge on any atom is -0.331 e. The highest BCUT2D eigenvalue weighted by Crippen LogP contribution is 2.12. The summed E-state index contributed by atoms with van der Waals surface area (Å²) >= 11 is 5.27. The van der Waals surface area contributed by atoms with E-state index in [1.54, 1.807) is 22.5 Å². The third kappa shape index (κ3) is 3.98. The van der Waals surface area contributed by atoms with E-state index in [0.29, 0.717) is 16.4 Å². The summed E-state index contributed by atoms with van der Waals surface area (Å²) in [6.45, 7) is 3.78. The van der Waals surface area contributed by atoms with Crippen molar-refractivity contribution < 1.29 is 0 Å². The number of aryl methyl sites for hydroxylation is 1. The first kappa shape index (κ1) is 18.6. The van der Waals surface area contributed by atoms with Crippen LogP contribution >= 0.6 is 12.2 Å². The van der Waals surface area contributed by atoms with Crippen molar-refractivity contribution in [2.45, 2.75) is 13.8 Å². The third-order valence-corrected chi connectivity index (χ3v) is 4.49. The van der Waals surface area contributed by atoms with Gasteiger partial charge in [0.15, 0.2) is 5.11 Å². The van der Waals surface area contributed by atoms with Crippen molar-refractivity contribution in [2.24, 2.45) is 12.1 Å². The van der Waals surface area contributed by atoms with Gasteiger partial charge in [0.25, 0.3) is 5.56 Å². The topological polar surface area (TPSA) is 63.4 Å². The van der Waals surface area contributed by atoms with Crippen molar-refractivity contribution in [3.63, 3.8) is 0 Å². The van der Waals surface area contributed by atoms with Crippen LogP contribution in [-0.4, -0.2) is 20.7 Å². The molecule has 0 unspecified atom stereocenters. The van der Waals surface area contributed by atoms with E-state index in [0.717, 1.165) is 16.9 Å². The number of rotatable bonds is 4. The third-order valence-electron chi connectivity index (χ3n) is 4.29. The average molecular weight is 379 g/mol. The van der Waals surface area contributed by atoms with E-state index in [4.69, 9.17) is 12.2 Å². The van der Waals surface area contributed by atoms with Gasteiger partial charge < -0.3 is 5.32 Å². The Hall–Kier alpha value is -3.19. The molecule has 0 aliphatic rings. The van der Waals surface area contributed by atoms with E-state index in [1.165, 1.54) is 0 Å². The molecule has 138 valence electrons. The normalized spacial score (nSPS) is 10.9. The lowest BCUT2D eigenvalue weighted by Gasteiger charge is -2.10. The summed E-state index contributed by atoms with van der Waals surface area (Å²) in [6, 6.07) is 17.3. The van der Waals surface area contributed by atoms with Gasteiger partial charge in [-0.1, -0.05) is 36.4 Å². The highest BCUT2D eigenvalue weighted by Gasteiger charge is 2.14. The molecule has 0 spiro atoms. The predicted octanol–water partition coefficient (Wildman–Crippen LogP) is 3.11. The molecule has 1 aromatic heterocycles. The van der Waals surface area contributed by atoms with Crippen LogP contribution in [0.5, 0.6) is 0 Å². The molecule has 2 N–H and O–H groups in total. The number of aromatic nitrogens is 2. The zero-order chi connectivity index (χ0) is 19.4. The first-order chi connectivity index (χ1) is 13.0. The van der Waals surface area contributed by atoms with Crippen LogP contribution in [0.3, 0.4) is 0 Å². The summed E-state index contributed by atoms with van der Waals surface area (Å²) in [5.41, 5.74) is 6.85. The fourth-order valence-electron chi connectivity index (χ4n) is 2.81. The van der Waals surface area contributed by atoms with Crippen LogP contribution in [0.25, 0.3) is 5.69 Å². The van der Waals surface area contributed by atoms with Gasteiger partial charge in [0.2, 0.25) is 0 Å². The number of anilines is 1. The van der Waals surface area contributed by atoms with Crippen molar-refractivity contribution in [3.05, 3.63) is 81.8 Å². The Kier molecular flexibility index (Phi) is 5.52. The molecule has 0 saturated carbocycles. The molecular formula is C20H21N5OS. The number of nitrogens with one attached hydrogen (secondary N) is 2. The number of hydrogen-bond donors (Lipinski definition) is 2. The minimum absolute atomic E-state index is 0.0780. The van der Waals surface area contributed by atoms with E-state index >= 15 is 0 Å². The maximum absolute atomic E-state index is 12.6. The molecule has 0 aliphatic carbocycles. The zero-order valence-corrected chi connectivity index (χ0v) is 16.2. The lowest BCUT2D eigenvalue weighted by Crippen LogP contribution is -2.24. The molecule has 7 heteroatoms. The minimum atomic E-state index is -0.0780. The van der Waals surface area contributed by atoms with E-state index in [1.807, 2.05) is 68.6 Å². The van der Waals surface area contributed by atoms with Gasteiger partial charge in [-0.05, 0) is 49.8 Å². The Balaban J connectivity index is 1.77. The number of para-hydroxylation sites is 2. The molecule has 2 aromatic carbocycles. The van der Waals surface area contributed by atoms with Crippen LogP contribution in [0, 0.1) is 13.8 Å². The lowest BCUT2D eigenvalue weighted by atomic mass is 10.2. The maximum Gasteiger partial charge on any atom is 0.274 e. The molecule has 0 saturated heterocycles. The first-order valence-corrected chi connectivity index (χ1v) is 8.89. The predicted molar refractivity (Wildman–Crippen MR) is 114 cm³/mol. The van der Waals surface area contributed by atoms with Crippen molar-refractivity contribution in [1.82, 2.24) is 14.8 Å². The number of nitrogens with zero attached hydrogens (tertiary/aromatic N) is 3. The van der Waals surface area contributed by atoms with E-state index in [2.05, 4.69) is 15.8 Å². The van der Waals surface area contributed by atoms with Gasteiger partial charge in [-0.25, -0.2) is 4.68 Å². The molecular weight excluding hydrogens is 358 g/mol. The van der Waals surface area contributed by atoms with Crippen molar-refractivity contribution in [2.75, 3.05) is 5.32 Å². The SMILES string of the molecule is Cc1ccccc1NC(=S)N/N=C\c1c(C)c(=O)n(-c2ccccc2)n1C. The molecule has 0 aliphatic heterocycles. The summed E-state index contributed by atoms with van der Waals surface area (Å²) in [4.78, 5) is 12.6. The van der Waals surface area contributed by atoms with Gasteiger partial charge in [0.05, 0.1) is 17.6 Å². The molecule has 0 amide bonds. The molecule has 3 rings (SSSR count). The number of hydrazone groups is 1. The lowest BCUT2D eigenvalue weighted by molar-refractivity contribution is 0.642. The number of hydrogen-bond acceptors (Lipinski definition) is 3. The summed E-state index contributed by atoms with van der Waals surface area (Å²) < 4.78 is 3.39. The smallest absolute Gasteiger partial charge is 0.274 e. The fourth-order valence-corrected chi connectivity index (χ4v) is 2.97. The molecule has 0 atom stereocenters. The Bertz CT molecular complexity index is 1050. The Morgan fingerprint density at radius 2 is 1.74 bits per heavy atom. The summed E-state index contributed by atoms with van der Waals surface area (Å²) in [5.74, 6) is 0. The molecule has 1 heterocycles. The van der Waals surface area contributed by atoms with Gasteiger partial charge in [-0.15, -0.1) is 0 Å². The monoisotopic (exact) mass is 379 g/mol. The molecule has 0 bridgehead atoms. The highest BCUT2D eigenvalue weighted by atomic mass is 32.1. The molecule has 27 heavy (non-hydrogen) atoms. The quantitative estimate of drug-likeness (QED) is 0.415. The van der Waals surface area contributed by atoms with Crippen molar-refractivity contribution >= 4 is 29.2 Å². The van der Waals surface area contributed by atoms with Crippen LogP contribution in [-0.2, 0) is 7.05 Å². The fraction of sp³-hybridized carbons (Fsp3) is 0.150. The first-order valence-electron chi connectivity index (χ1n) is 8.48. The Morgan fingerprint density at radius 3 is 2.44 bits per heavy atom. The largest absolute Gasteiger partial charge is 0.331 e. The van der Waals surface area contributed by atoms with Crippen LogP contribution < -0.4 is 16.3 Å². The summed E-state index contributed by atoms with van der Waals surface area (Å²) in [5, 5.41) is 7.67. The molecule has 3 aromatic rings. The second-order valence-electron chi connectivity index (χ2n) is 6.13. The molecule has 0 fully saturated rings. The number of benzene rings is 2. The van der Waals surface area contributed by atoms with Gasteiger partial charge in [0.1, 0.15) is 0 Å². The van der Waals surface area contributed by atoms with E-state index in [9.17, 15) is 4.79 Å². The van der Waals surface area contributed by atoms with Gasteiger partial charge in [-0.2, -0.15) is 5.10 Å². The maximum atomic E-state index is 12.6. The van der Waals surface area contributed by atoms with Crippen molar-refractivity contribution in [3.8, 4) is 5.69 Å². The summed E-state index contributed by atoms with van der Waals surface area (Å²) in [6.07, 6.45) is 1.60. The second kappa shape index (κ2) is 8.01. The van der Waals surface area contributed by atoms with Crippen LogP contribution in [0.15, 0.2) is 64.5 Å². The Morgan fingerprint density at radius 1 is 1.07 bits per heavy atom. The standard InChI is InChI=1S/C20H21N5OS/c1-14-9-7-8-12-17(14)22-20(27)23-21-13-18-15(2)19(26)25(24(18)3)16-10-5-4-6-11-16/h4-13H,1-3H3,(H2,22,23,27)/b21-13-. The second-order valence-corrected chi connectivity index (χ2v) is 6.53.